The molecular weight excluding hydrogens is 264 g/mol. The topological polar surface area (TPSA) is 0 Å². The lowest BCUT2D eigenvalue weighted by atomic mass is 9.93. The Morgan fingerprint density at radius 3 is 2.20 bits per heavy atom. The van der Waals surface area contributed by atoms with E-state index in [1.54, 1.807) is 0 Å². The van der Waals surface area contributed by atoms with Gasteiger partial charge in [-0.1, -0.05) is 88.1 Å². The highest BCUT2D eigenvalue weighted by molar-refractivity contribution is 6.18. The van der Waals surface area contributed by atoms with E-state index in [2.05, 4.69) is 38.1 Å². The summed E-state index contributed by atoms with van der Waals surface area (Å²) in [5.74, 6) is 1.29. The third-order valence-corrected chi connectivity index (χ3v) is 4.48. The van der Waals surface area contributed by atoms with Crippen LogP contribution in [0, 0.1) is 6.92 Å². The standard InChI is InChI=1S/C19H31Cl/c1-3-4-5-6-7-8-9-10-13-19(16-20)18-14-11-12-17(2)15-18/h11-12,14-15,19H,3-10,13,16H2,1-2H3. The number of halogens is 1. The molecule has 114 valence electrons. The van der Waals surface area contributed by atoms with Crippen LogP contribution in [-0.2, 0) is 0 Å². The molecule has 0 aliphatic heterocycles. The molecule has 0 aromatic heterocycles. The molecular formula is C19H31Cl. The average Bonchev–Trinajstić information content (AvgIpc) is 2.46. The lowest BCUT2D eigenvalue weighted by Crippen LogP contribution is -2.01. The third-order valence-electron chi connectivity index (χ3n) is 4.11. The molecule has 0 heterocycles. The second kappa shape index (κ2) is 11.2. The Kier molecular flexibility index (Phi) is 9.83. The summed E-state index contributed by atoms with van der Waals surface area (Å²) in [6.45, 7) is 4.43. The average molecular weight is 295 g/mol. The number of unbranched alkanes of at least 4 members (excludes halogenated alkanes) is 7. The highest BCUT2D eigenvalue weighted by Gasteiger charge is 2.09. The van der Waals surface area contributed by atoms with Gasteiger partial charge in [0.25, 0.3) is 0 Å². The van der Waals surface area contributed by atoms with Gasteiger partial charge in [0, 0.05) is 5.88 Å². The molecule has 0 N–H and O–H groups in total. The van der Waals surface area contributed by atoms with Gasteiger partial charge in [-0.2, -0.15) is 0 Å². The first-order chi connectivity index (χ1) is 9.77. The second-order valence-corrected chi connectivity index (χ2v) is 6.34. The Morgan fingerprint density at radius 1 is 0.950 bits per heavy atom. The van der Waals surface area contributed by atoms with Crippen molar-refractivity contribution < 1.29 is 0 Å². The smallest absolute Gasteiger partial charge is 0.0292 e. The molecule has 1 aromatic carbocycles. The highest BCUT2D eigenvalue weighted by Crippen LogP contribution is 2.25. The number of hydrogen-bond acceptors (Lipinski definition) is 0. The van der Waals surface area contributed by atoms with Gasteiger partial charge in [-0.05, 0) is 24.8 Å². The van der Waals surface area contributed by atoms with Crippen molar-refractivity contribution in [2.45, 2.75) is 77.6 Å². The number of rotatable bonds is 11. The number of alkyl halides is 1. The molecule has 0 nitrogen and oxygen atoms in total. The van der Waals surface area contributed by atoms with Crippen LogP contribution >= 0.6 is 11.6 Å². The molecule has 0 fully saturated rings. The zero-order chi connectivity index (χ0) is 14.6. The summed E-state index contributed by atoms with van der Waals surface area (Å²) in [5, 5.41) is 0. The molecule has 1 atom stereocenters. The van der Waals surface area contributed by atoms with Gasteiger partial charge >= 0.3 is 0 Å². The minimum absolute atomic E-state index is 0.539. The molecule has 0 spiro atoms. The molecule has 1 aromatic rings. The fourth-order valence-electron chi connectivity index (χ4n) is 2.78. The molecule has 1 heteroatoms. The molecule has 0 aliphatic rings. The van der Waals surface area contributed by atoms with E-state index < -0.39 is 0 Å². The summed E-state index contributed by atoms with van der Waals surface area (Å²) in [7, 11) is 0. The molecule has 1 rings (SSSR count). The van der Waals surface area contributed by atoms with E-state index >= 15 is 0 Å². The minimum Gasteiger partial charge on any atom is -0.126 e. The largest absolute Gasteiger partial charge is 0.126 e. The van der Waals surface area contributed by atoms with Crippen LogP contribution in [0.1, 0.15) is 81.8 Å². The summed E-state index contributed by atoms with van der Waals surface area (Å²) < 4.78 is 0. The zero-order valence-corrected chi connectivity index (χ0v) is 14.1. The molecule has 20 heavy (non-hydrogen) atoms. The molecule has 0 amide bonds. The van der Waals surface area contributed by atoms with Gasteiger partial charge in [0.15, 0.2) is 0 Å². The van der Waals surface area contributed by atoms with E-state index in [-0.39, 0.29) is 0 Å². The number of benzene rings is 1. The van der Waals surface area contributed by atoms with Crippen LogP contribution < -0.4 is 0 Å². The van der Waals surface area contributed by atoms with Gasteiger partial charge in [0.05, 0.1) is 0 Å². The van der Waals surface area contributed by atoms with Crippen LogP contribution in [0.2, 0.25) is 0 Å². The van der Waals surface area contributed by atoms with Gasteiger partial charge in [-0.3, -0.25) is 0 Å². The second-order valence-electron chi connectivity index (χ2n) is 6.03. The van der Waals surface area contributed by atoms with Crippen molar-refractivity contribution >= 4 is 11.6 Å². The van der Waals surface area contributed by atoms with E-state index in [0.717, 1.165) is 5.88 Å². The third kappa shape index (κ3) is 7.33. The summed E-state index contributed by atoms with van der Waals surface area (Å²) in [5.41, 5.74) is 2.76. The molecule has 0 radical (unpaired) electrons. The molecule has 0 saturated heterocycles. The van der Waals surface area contributed by atoms with Crippen molar-refractivity contribution in [1.29, 1.82) is 0 Å². The maximum Gasteiger partial charge on any atom is 0.0292 e. The van der Waals surface area contributed by atoms with Gasteiger partial charge in [-0.25, -0.2) is 0 Å². The highest BCUT2D eigenvalue weighted by atomic mass is 35.5. The van der Waals surface area contributed by atoms with Crippen molar-refractivity contribution in [3.8, 4) is 0 Å². The van der Waals surface area contributed by atoms with Crippen molar-refractivity contribution in [3.63, 3.8) is 0 Å². The van der Waals surface area contributed by atoms with Crippen LogP contribution in [0.4, 0.5) is 0 Å². The number of aryl methyl sites for hydroxylation is 1. The van der Waals surface area contributed by atoms with Gasteiger partial charge in [-0.15, -0.1) is 11.6 Å². The van der Waals surface area contributed by atoms with E-state index in [4.69, 9.17) is 11.6 Å². The van der Waals surface area contributed by atoms with Crippen LogP contribution in [0.5, 0.6) is 0 Å². The monoisotopic (exact) mass is 294 g/mol. The molecule has 0 saturated carbocycles. The summed E-state index contributed by atoms with van der Waals surface area (Å²) in [4.78, 5) is 0. The lowest BCUT2D eigenvalue weighted by molar-refractivity contribution is 0.545. The van der Waals surface area contributed by atoms with Crippen LogP contribution in [0.25, 0.3) is 0 Å². The van der Waals surface area contributed by atoms with E-state index in [1.165, 1.54) is 68.9 Å². The van der Waals surface area contributed by atoms with Gasteiger partial charge in [0.1, 0.15) is 0 Å². The van der Waals surface area contributed by atoms with Crippen molar-refractivity contribution in [1.82, 2.24) is 0 Å². The SMILES string of the molecule is CCCCCCCCCCC(CCl)c1cccc(C)c1. The summed E-state index contributed by atoms with van der Waals surface area (Å²) in [6.07, 6.45) is 12.3. The quantitative estimate of drug-likeness (QED) is 0.309. The molecule has 0 aliphatic carbocycles. The first kappa shape index (κ1) is 17.6. The molecule has 1 unspecified atom stereocenters. The molecule has 0 bridgehead atoms. The normalized spacial score (nSPS) is 12.6. The van der Waals surface area contributed by atoms with Gasteiger partial charge in [0.2, 0.25) is 0 Å². The van der Waals surface area contributed by atoms with Crippen molar-refractivity contribution in [2.75, 3.05) is 5.88 Å². The first-order valence-corrected chi connectivity index (χ1v) is 8.94. The van der Waals surface area contributed by atoms with Crippen LogP contribution in [0.15, 0.2) is 24.3 Å². The summed E-state index contributed by atoms with van der Waals surface area (Å²) >= 11 is 6.15. The Bertz CT molecular complexity index is 345. The summed E-state index contributed by atoms with van der Waals surface area (Å²) in [6, 6.07) is 8.83. The van der Waals surface area contributed by atoms with E-state index in [1.807, 2.05) is 0 Å². The van der Waals surface area contributed by atoms with Crippen molar-refractivity contribution in [3.05, 3.63) is 35.4 Å². The van der Waals surface area contributed by atoms with Gasteiger partial charge < -0.3 is 0 Å². The Hall–Kier alpha value is -0.490. The fourth-order valence-corrected chi connectivity index (χ4v) is 3.11. The van der Waals surface area contributed by atoms with E-state index in [0.29, 0.717) is 5.92 Å². The zero-order valence-electron chi connectivity index (χ0n) is 13.3. The minimum atomic E-state index is 0.539. The van der Waals surface area contributed by atoms with E-state index in [9.17, 15) is 0 Å². The Morgan fingerprint density at radius 2 is 1.60 bits per heavy atom. The Balaban J connectivity index is 2.16. The first-order valence-electron chi connectivity index (χ1n) is 8.40. The van der Waals surface area contributed by atoms with Crippen molar-refractivity contribution in [2.24, 2.45) is 0 Å². The predicted octanol–water partition coefficient (Wildman–Crippen LogP) is 6.85. The Labute approximate surface area is 130 Å². The fraction of sp³-hybridized carbons (Fsp3) is 0.684. The predicted molar refractivity (Wildman–Crippen MR) is 91.9 cm³/mol. The maximum absolute atomic E-state index is 6.15. The van der Waals surface area contributed by atoms with Crippen LogP contribution in [-0.4, -0.2) is 5.88 Å². The lowest BCUT2D eigenvalue weighted by Gasteiger charge is -2.14. The van der Waals surface area contributed by atoms with Crippen LogP contribution in [0.3, 0.4) is 0 Å². The maximum atomic E-state index is 6.15. The number of hydrogen-bond donors (Lipinski definition) is 0.